The van der Waals surface area contributed by atoms with Crippen LogP contribution in [0.15, 0.2) is 76.6 Å². The molecule has 0 aliphatic carbocycles. The number of ketones is 1. The number of aryl methyl sites for hydroxylation is 1. The third-order valence-electron chi connectivity index (χ3n) is 6.54. The van der Waals surface area contributed by atoms with Gasteiger partial charge in [0.15, 0.2) is 15.8 Å². The Morgan fingerprint density at radius 3 is 2.58 bits per heavy atom. The van der Waals surface area contributed by atoms with Crippen molar-refractivity contribution in [3.05, 3.63) is 100 Å². The molecular weight excluding hydrogens is 553 g/mol. The van der Waals surface area contributed by atoms with Gasteiger partial charge in [0.1, 0.15) is 30.8 Å². The summed E-state index contributed by atoms with van der Waals surface area (Å²) >= 11 is 2.56. The van der Waals surface area contributed by atoms with Crippen molar-refractivity contribution in [2.75, 3.05) is 18.1 Å². The van der Waals surface area contributed by atoms with Crippen molar-refractivity contribution in [1.82, 2.24) is 10.2 Å². The summed E-state index contributed by atoms with van der Waals surface area (Å²) in [7, 11) is 0. The highest BCUT2D eigenvalue weighted by molar-refractivity contribution is 8.00. The van der Waals surface area contributed by atoms with Gasteiger partial charge in [-0.05, 0) is 36.8 Å². The maximum absolute atomic E-state index is 15.2. The van der Waals surface area contributed by atoms with Crippen molar-refractivity contribution >= 4 is 45.7 Å². The van der Waals surface area contributed by atoms with E-state index in [2.05, 4.69) is 10.2 Å². The number of rotatable bonds is 6. The smallest absolute Gasteiger partial charge is 0.301 e. The van der Waals surface area contributed by atoms with Crippen molar-refractivity contribution in [3.63, 3.8) is 0 Å². The fourth-order valence-electron chi connectivity index (χ4n) is 4.55. The van der Waals surface area contributed by atoms with Crippen molar-refractivity contribution in [2.24, 2.45) is 0 Å². The number of thioether (sulfide) groups is 1. The van der Waals surface area contributed by atoms with Crippen LogP contribution < -0.4 is 14.4 Å². The zero-order chi connectivity index (χ0) is 27.8. The topological polar surface area (TPSA) is 102 Å². The number of benzene rings is 3. The van der Waals surface area contributed by atoms with Crippen LogP contribution in [-0.2, 0) is 15.3 Å². The number of Topliss-reactive ketones (excluding diaryl/α,β-unsaturated/α-hetero) is 1. The molecule has 40 heavy (non-hydrogen) atoms. The fourth-order valence-corrected chi connectivity index (χ4v) is 6.38. The summed E-state index contributed by atoms with van der Waals surface area (Å²) in [5, 5.41) is 19.9. The molecule has 0 bridgehead atoms. The highest BCUT2D eigenvalue weighted by atomic mass is 32.2. The normalized spacial score (nSPS) is 17.9. The van der Waals surface area contributed by atoms with E-state index in [0.29, 0.717) is 34.8 Å². The number of aliphatic hydroxyl groups excluding tert-OH is 1. The number of halogens is 1. The number of carbonyl (C=O) groups is 2. The van der Waals surface area contributed by atoms with E-state index < -0.39 is 29.3 Å². The van der Waals surface area contributed by atoms with Crippen LogP contribution in [0.2, 0.25) is 0 Å². The van der Waals surface area contributed by atoms with Crippen LogP contribution in [0.4, 0.5) is 9.52 Å². The molecule has 0 spiro atoms. The summed E-state index contributed by atoms with van der Waals surface area (Å²) in [6.45, 7) is 2.74. The first kappa shape index (κ1) is 26.0. The van der Waals surface area contributed by atoms with Gasteiger partial charge < -0.3 is 14.6 Å². The van der Waals surface area contributed by atoms with E-state index in [9.17, 15) is 14.7 Å². The van der Waals surface area contributed by atoms with E-state index >= 15 is 4.39 Å². The minimum atomic E-state index is -1.25. The van der Waals surface area contributed by atoms with Crippen LogP contribution in [0.1, 0.15) is 28.3 Å². The monoisotopic (exact) mass is 575 g/mol. The Balaban J connectivity index is 1.39. The highest BCUT2D eigenvalue weighted by Crippen LogP contribution is 2.45. The third-order valence-corrected chi connectivity index (χ3v) is 8.67. The van der Waals surface area contributed by atoms with Crippen LogP contribution >= 0.6 is 23.1 Å². The molecule has 6 rings (SSSR count). The number of hydrogen-bond donors (Lipinski definition) is 1. The summed E-state index contributed by atoms with van der Waals surface area (Å²) < 4.78 is 26.9. The predicted molar refractivity (Wildman–Crippen MR) is 149 cm³/mol. The number of ether oxygens (including phenoxy) is 2. The standard InChI is InChI=1S/C29H22FN3O5S2/c1-16-6-8-17(9-7-16)15-39-29-32-31-28(40-29)33-24(19-4-2-3-5-20(19)30)23(26(35)27(33)36)25(34)18-10-11-21-22(14-18)38-13-12-37-21/h2-11,14,24,34H,12-13,15H2,1H3/t24-/m0/s1. The summed E-state index contributed by atoms with van der Waals surface area (Å²) in [6, 6.07) is 17.4. The lowest BCUT2D eigenvalue weighted by molar-refractivity contribution is -0.132. The molecule has 1 saturated heterocycles. The summed E-state index contributed by atoms with van der Waals surface area (Å²) in [5.41, 5.74) is 2.28. The number of nitrogens with zero attached hydrogens (tertiary/aromatic N) is 3. The van der Waals surface area contributed by atoms with Gasteiger partial charge in [-0.2, -0.15) is 0 Å². The Morgan fingerprint density at radius 2 is 1.80 bits per heavy atom. The highest BCUT2D eigenvalue weighted by Gasteiger charge is 2.49. The van der Waals surface area contributed by atoms with Crippen molar-refractivity contribution in [2.45, 2.75) is 23.1 Å². The van der Waals surface area contributed by atoms with Gasteiger partial charge in [0.05, 0.1) is 5.57 Å². The SMILES string of the molecule is Cc1ccc(CSc2nnc(N3C(=O)C(=O)C(=C(O)c4ccc5c(c4)OCCO5)[C@@H]3c3ccccc3F)s2)cc1. The number of fused-ring (bicyclic) bond motifs is 1. The largest absolute Gasteiger partial charge is 0.507 e. The Hall–Kier alpha value is -4.22. The number of aliphatic hydroxyl groups is 1. The van der Waals surface area contributed by atoms with Crippen LogP contribution in [0, 0.1) is 12.7 Å². The Bertz CT molecular complexity index is 1650. The van der Waals surface area contributed by atoms with Crippen molar-refractivity contribution in [1.29, 1.82) is 0 Å². The number of hydrogen-bond acceptors (Lipinski definition) is 9. The maximum atomic E-state index is 15.2. The molecule has 11 heteroatoms. The first-order chi connectivity index (χ1) is 19.4. The lowest BCUT2D eigenvalue weighted by Crippen LogP contribution is -2.29. The molecule has 1 atom stereocenters. The van der Waals surface area contributed by atoms with E-state index in [1.54, 1.807) is 18.2 Å². The van der Waals surface area contributed by atoms with Gasteiger partial charge in [0.25, 0.3) is 5.78 Å². The van der Waals surface area contributed by atoms with Gasteiger partial charge in [-0.3, -0.25) is 14.5 Å². The van der Waals surface area contributed by atoms with Gasteiger partial charge >= 0.3 is 5.91 Å². The van der Waals surface area contributed by atoms with E-state index in [0.717, 1.165) is 27.4 Å². The molecule has 1 fully saturated rings. The molecule has 1 aromatic heterocycles. The lowest BCUT2D eigenvalue weighted by atomic mass is 9.95. The Morgan fingerprint density at radius 1 is 1.05 bits per heavy atom. The molecule has 3 aromatic carbocycles. The van der Waals surface area contributed by atoms with Crippen LogP contribution in [-0.4, -0.2) is 40.2 Å². The first-order valence-electron chi connectivity index (χ1n) is 12.4. The molecule has 3 heterocycles. The van der Waals surface area contributed by atoms with E-state index in [1.165, 1.54) is 36.0 Å². The minimum Gasteiger partial charge on any atom is -0.507 e. The fraction of sp³-hybridized carbons (Fsp3) is 0.172. The molecule has 0 radical (unpaired) electrons. The molecule has 2 aliphatic rings. The summed E-state index contributed by atoms with van der Waals surface area (Å²) in [6.07, 6.45) is 0. The van der Waals surface area contributed by atoms with Crippen molar-refractivity contribution in [3.8, 4) is 11.5 Å². The predicted octanol–water partition coefficient (Wildman–Crippen LogP) is 5.68. The molecule has 1 amide bonds. The second-order valence-corrected chi connectivity index (χ2v) is 11.4. The van der Waals surface area contributed by atoms with E-state index in [1.807, 2.05) is 31.2 Å². The number of amides is 1. The lowest BCUT2D eigenvalue weighted by Gasteiger charge is -2.23. The minimum absolute atomic E-state index is 0.0462. The molecule has 8 nitrogen and oxygen atoms in total. The molecule has 0 saturated carbocycles. The van der Waals surface area contributed by atoms with Crippen LogP contribution in [0.25, 0.3) is 5.76 Å². The second kappa shape index (κ2) is 10.7. The van der Waals surface area contributed by atoms with Crippen LogP contribution in [0.5, 0.6) is 11.5 Å². The van der Waals surface area contributed by atoms with E-state index in [4.69, 9.17) is 9.47 Å². The summed E-state index contributed by atoms with van der Waals surface area (Å²) in [4.78, 5) is 27.9. The van der Waals surface area contributed by atoms with Gasteiger partial charge in [0, 0.05) is 16.9 Å². The third kappa shape index (κ3) is 4.82. The van der Waals surface area contributed by atoms with Gasteiger partial charge in [-0.15, -0.1) is 10.2 Å². The number of anilines is 1. The molecular formula is C29H22FN3O5S2. The van der Waals surface area contributed by atoms with Gasteiger partial charge in [-0.25, -0.2) is 4.39 Å². The molecule has 4 aromatic rings. The Kier molecular flexibility index (Phi) is 6.99. The van der Waals surface area contributed by atoms with Gasteiger partial charge in [-0.1, -0.05) is 71.1 Å². The molecule has 2 aliphatic heterocycles. The Labute approximate surface area is 237 Å². The average molecular weight is 576 g/mol. The quantitative estimate of drug-likeness (QED) is 0.103. The molecule has 1 N–H and O–H groups in total. The van der Waals surface area contributed by atoms with Crippen LogP contribution in [0.3, 0.4) is 0 Å². The second-order valence-electron chi connectivity index (χ2n) is 9.17. The number of aromatic nitrogens is 2. The van der Waals surface area contributed by atoms with Crippen molar-refractivity contribution < 1.29 is 28.6 Å². The maximum Gasteiger partial charge on any atom is 0.301 e. The zero-order valence-corrected chi connectivity index (χ0v) is 22.8. The first-order valence-corrected chi connectivity index (χ1v) is 14.2. The summed E-state index contributed by atoms with van der Waals surface area (Å²) in [5.74, 6) is -1.45. The average Bonchev–Trinajstić information content (AvgIpc) is 3.54. The molecule has 202 valence electrons. The van der Waals surface area contributed by atoms with E-state index in [-0.39, 0.29) is 21.8 Å². The van der Waals surface area contributed by atoms with Gasteiger partial charge in [0.2, 0.25) is 5.13 Å². The zero-order valence-electron chi connectivity index (χ0n) is 21.2. The number of carbonyl (C=O) groups excluding carboxylic acids is 2. The molecule has 0 unspecified atom stereocenters.